The standard InChI is InChI=1S/C27H30O2P/c1-4-22-20-23(29-27(2,3)28-22)21-30(24-14-8-5-9-15-24,25-16-10-6-11-17-25)26-18-12-7-13-19-26/h4-19,22-23H,1,20-21H2,2-3H3/q+1/t22-,23-/m0/s1. The Hall–Kier alpha value is -2.25. The summed E-state index contributed by atoms with van der Waals surface area (Å²) in [5.41, 5.74) is 0. The van der Waals surface area contributed by atoms with Gasteiger partial charge >= 0.3 is 0 Å². The fraction of sp³-hybridized carbons (Fsp3) is 0.259. The smallest absolute Gasteiger partial charge is 0.164 e. The Morgan fingerprint density at radius 3 is 1.63 bits per heavy atom. The SMILES string of the molecule is C=C[C@H]1C[C@@H](C[P+](c2ccccc2)(c2ccccc2)c2ccccc2)OC(C)(C)O1. The lowest BCUT2D eigenvalue weighted by Crippen LogP contribution is -2.47. The maximum Gasteiger partial charge on any atom is 0.164 e. The average molecular weight is 418 g/mol. The molecule has 0 N–H and O–H groups in total. The molecule has 154 valence electrons. The van der Waals surface area contributed by atoms with E-state index < -0.39 is 13.0 Å². The van der Waals surface area contributed by atoms with Crippen LogP contribution in [0.2, 0.25) is 0 Å². The van der Waals surface area contributed by atoms with Gasteiger partial charge in [-0.3, -0.25) is 0 Å². The lowest BCUT2D eigenvalue weighted by molar-refractivity contribution is -0.285. The van der Waals surface area contributed by atoms with E-state index >= 15 is 0 Å². The fourth-order valence-corrected chi connectivity index (χ4v) is 8.93. The Bertz CT molecular complexity index is 857. The quantitative estimate of drug-likeness (QED) is 0.412. The molecule has 3 aromatic rings. The molecule has 0 spiro atoms. The Morgan fingerprint density at radius 1 is 0.800 bits per heavy atom. The molecule has 1 heterocycles. The molecule has 0 radical (unpaired) electrons. The predicted molar refractivity (Wildman–Crippen MR) is 129 cm³/mol. The molecular formula is C27H30O2P+. The van der Waals surface area contributed by atoms with Crippen LogP contribution in [0, 0.1) is 0 Å². The molecule has 0 amide bonds. The first-order valence-corrected chi connectivity index (χ1v) is 12.5. The Morgan fingerprint density at radius 2 is 1.23 bits per heavy atom. The highest BCUT2D eigenvalue weighted by Crippen LogP contribution is 2.57. The van der Waals surface area contributed by atoms with Gasteiger partial charge in [0.2, 0.25) is 0 Å². The van der Waals surface area contributed by atoms with Gasteiger partial charge in [0.15, 0.2) is 5.79 Å². The highest BCUT2D eigenvalue weighted by molar-refractivity contribution is 7.95. The summed E-state index contributed by atoms with van der Waals surface area (Å²) >= 11 is 0. The zero-order valence-electron chi connectivity index (χ0n) is 17.8. The van der Waals surface area contributed by atoms with E-state index in [0.29, 0.717) is 0 Å². The van der Waals surface area contributed by atoms with Crippen molar-refractivity contribution in [2.45, 2.75) is 38.3 Å². The van der Waals surface area contributed by atoms with Crippen molar-refractivity contribution in [3.05, 3.63) is 104 Å². The van der Waals surface area contributed by atoms with Gasteiger partial charge in [-0.25, -0.2) is 0 Å². The Labute approximate surface area is 180 Å². The summed E-state index contributed by atoms with van der Waals surface area (Å²) in [7, 11) is -1.93. The summed E-state index contributed by atoms with van der Waals surface area (Å²) in [5.74, 6) is -0.624. The maximum atomic E-state index is 6.48. The van der Waals surface area contributed by atoms with Crippen molar-refractivity contribution < 1.29 is 9.47 Å². The van der Waals surface area contributed by atoms with E-state index in [1.54, 1.807) is 0 Å². The van der Waals surface area contributed by atoms with Crippen LogP contribution in [0.4, 0.5) is 0 Å². The minimum atomic E-state index is -1.93. The third-order valence-electron chi connectivity index (χ3n) is 5.71. The molecule has 3 aromatic carbocycles. The van der Waals surface area contributed by atoms with E-state index in [0.717, 1.165) is 12.6 Å². The molecule has 3 heteroatoms. The molecule has 0 saturated carbocycles. The summed E-state index contributed by atoms with van der Waals surface area (Å²) in [6, 6.07) is 32.9. The van der Waals surface area contributed by atoms with Gasteiger partial charge in [0, 0.05) is 6.42 Å². The van der Waals surface area contributed by atoms with Gasteiger partial charge in [-0.05, 0) is 50.2 Å². The molecule has 1 aliphatic heterocycles. The van der Waals surface area contributed by atoms with Crippen LogP contribution < -0.4 is 15.9 Å². The summed E-state index contributed by atoms with van der Waals surface area (Å²) in [6.45, 7) is 7.99. The van der Waals surface area contributed by atoms with E-state index in [2.05, 4.69) is 97.6 Å². The number of benzene rings is 3. The second kappa shape index (κ2) is 8.86. The number of hydrogen-bond acceptors (Lipinski definition) is 2. The van der Waals surface area contributed by atoms with Crippen molar-refractivity contribution >= 4 is 23.2 Å². The summed E-state index contributed by atoms with van der Waals surface area (Å²) in [5, 5.41) is 4.14. The topological polar surface area (TPSA) is 18.5 Å². The van der Waals surface area contributed by atoms with E-state index in [1.165, 1.54) is 15.9 Å². The molecule has 1 saturated heterocycles. The molecule has 2 atom stereocenters. The first-order chi connectivity index (χ1) is 14.5. The lowest BCUT2D eigenvalue weighted by atomic mass is 10.1. The van der Waals surface area contributed by atoms with Crippen LogP contribution in [0.15, 0.2) is 104 Å². The molecule has 4 rings (SSSR count). The number of rotatable bonds is 6. The normalized spacial score (nSPS) is 21.1. The molecule has 2 nitrogen and oxygen atoms in total. The largest absolute Gasteiger partial charge is 0.343 e. The van der Waals surface area contributed by atoms with Crippen LogP contribution in [-0.2, 0) is 9.47 Å². The minimum absolute atomic E-state index is 0.00275. The predicted octanol–water partition coefficient (Wildman–Crippen LogP) is 5.08. The van der Waals surface area contributed by atoms with Crippen molar-refractivity contribution in [2.24, 2.45) is 0 Å². The lowest BCUT2D eigenvalue weighted by Gasteiger charge is -2.41. The van der Waals surface area contributed by atoms with E-state index in [1.807, 2.05) is 19.9 Å². The zero-order valence-corrected chi connectivity index (χ0v) is 18.7. The maximum absolute atomic E-state index is 6.48. The van der Waals surface area contributed by atoms with Gasteiger partial charge < -0.3 is 9.47 Å². The van der Waals surface area contributed by atoms with Crippen molar-refractivity contribution in [3.63, 3.8) is 0 Å². The van der Waals surface area contributed by atoms with Crippen molar-refractivity contribution in [1.29, 1.82) is 0 Å². The molecule has 0 unspecified atom stereocenters. The summed E-state index contributed by atoms with van der Waals surface area (Å²) in [4.78, 5) is 0. The van der Waals surface area contributed by atoms with Crippen LogP contribution in [0.3, 0.4) is 0 Å². The van der Waals surface area contributed by atoms with Gasteiger partial charge in [-0.15, -0.1) is 6.58 Å². The molecule has 0 aliphatic carbocycles. The van der Waals surface area contributed by atoms with E-state index in [4.69, 9.17) is 9.47 Å². The van der Waals surface area contributed by atoms with Crippen LogP contribution in [0.25, 0.3) is 0 Å². The minimum Gasteiger partial charge on any atom is -0.343 e. The van der Waals surface area contributed by atoms with Crippen LogP contribution in [0.1, 0.15) is 20.3 Å². The molecule has 1 fully saturated rings. The van der Waals surface area contributed by atoms with Crippen LogP contribution in [0.5, 0.6) is 0 Å². The zero-order chi connectivity index (χ0) is 21.0. The highest BCUT2D eigenvalue weighted by atomic mass is 31.2. The monoisotopic (exact) mass is 417 g/mol. The summed E-state index contributed by atoms with van der Waals surface area (Å²) < 4.78 is 12.5. The second-order valence-corrected chi connectivity index (χ2v) is 11.8. The van der Waals surface area contributed by atoms with Gasteiger partial charge in [0.05, 0.1) is 12.2 Å². The Balaban J connectivity index is 1.88. The van der Waals surface area contributed by atoms with Crippen LogP contribution >= 0.6 is 7.26 Å². The number of ether oxygens (including phenoxy) is 2. The average Bonchev–Trinajstić information content (AvgIpc) is 2.78. The Kier molecular flexibility index (Phi) is 6.20. The van der Waals surface area contributed by atoms with Crippen LogP contribution in [-0.4, -0.2) is 24.2 Å². The van der Waals surface area contributed by atoms with Crippen molar-refractivity contribution in [2.75, 3.05) is 6.16 Å². The second-order valence-electron chi connectivity index (χ2n) is 8.27. The van der Waals surface area contributed by atoms with Crippen molar-refractivity contribution in [1.82, 2.24) is 0 Å². The molecule has 30 heavy (non-hydrogen) atoms. The van der Waals surface area contributed by atoms with Gasteiger partial charge in [0.1, 0.15) is 29.3 Å². The first-order valence-electron chi connectivity index (χ1n) is 10.6. The third-order valence-corrected chi connectivity index (χ3v) is 10.2. The van der Waals surface area contributed by atoms with Gasteiger partial charge in [-0.1, -0.05) is 60.7 Å². The third kappa shape index (κ3) is 4.27. The molecule has 1 aliphatic rings. The summed E-state index contributed by atoms with van der Waals surface area (Å²) in [6.07, 6.45) is 3.74. The fourth-order valence-electron chi connectivity index (χ4n) is 4.52. The van der Waals surface area contributed by atoms with Gasteiger partial charge in [0.25, 0.3) is 0 Å². The number of hydrogen-bond donors (Lipinski definition) is 0. The molecule has 0 aromatic heterocycles. The molecule has 0 bridgehead atoms. The van der Waals surface area contributed by atoms with E-state index in [-0.39, 0.29) is 12.2 Å². The first kappa shape index (κ1) is 21.0. The van der Waals surface area contributed by atoms with E-state index in [9.17, 15) is 0 Å². The van der Waals surface area contributed by atoms with Gasteiger partial charge in [-0.2, -0.15) is 0 Å². The molecular weight excluding hydrogens is 387 g/mol. The highest BCUT2D eigenvalue weighted by Gasteiger charge is 2.49. The van der Waals surface area contributed by atoms with Crippen molar-refractivity contribution in [3.8, 4) is 0 Å².